The maximum atomic E-state index is 14.7. The zero-order valence-corrected chi connectivity index (χ0v) is 24.4. The van der Waals surface area contributed by atoms with Crippen molar-refractivity contribution in [1.82, 2.24) is 14.9 Å². The summed E-state index contributed by atoms with van der Waals surface area (Å²) in [4.78, 5) is 38.1. The average Bonchev–Trinajstić information content (AvgIpc) is 3.25. The summed E-state index contributed by atoms with van der Waals surface area (Å²) in [6, 6.07) is 8.07. The molecule has 0 bridgehead atoms. The Morgan fingerprint density at radius 2 is 2.07 bits per heavy atom. The molecule has 41 heavy (non-hydrogen) atoms. The first-order chi connectivity index (χ1) is 19.4. The van der Waals surface area contributed by atoms with Gasteiger partial charge in [0.1, 0.15) is 29.1 Å². The lowest BCUT2D eigenvalue weighted by molar-refractivity contribution is -0.0546. The Hall–Kier alpha value is -3.86. The summed E-state index contributed by atoms with van der Waals surface area (Å²) in [6.45, 7) is 8.59. The first-order valence-corrected chi connectivity index (χ1v) is 13.8. The van der Waals surface area contributed by atoms with E-state index < -0.39 is 23.1 Å². The average molecular weight is 586 g/mol. The number of halogens is 2. The Morgan fingerprint density at radius 1 is 1.29 bits per heavy atom. The van der Waals surface area contributed by atoms with Crippen molar-refractivity contribution in [3.8, 4) is 5.75 Å². The SMILES string of the molecule is CCC1CN(C(=O)OC(C)(C)C)CCC12CN(c1cc3c(Nc4cccc(Cl)c4F)ncnc3cc1OC)C(=O)O2. The molecule has 1 N–H and O–H groups in total. The number of hydrogen-bond donors (Lipinski definition) is 1. The van der Waals surface area contributed by atoms with Crippen LogP contribution in [0.25, 0.3) is 10.9 Å². The molecule has 2 fully saturated rings. The van der Waals surface area contributed by atoms with Crippen molar-refractivity contribution in [2.45, 2.75) is 51.7 Å². The molecule has 0 saturated carbocycles. The number of hydrogen-bond acceptors (Lipinski definition) is 8. The smallest absolute Gasteiger partial charge is 0.415 e. The molecule has 5 rings (SSSR count). The fourth-order valence-electron chi connectivity index (χ4n) is 5.44. The number of nitrogens with zero attached hydrogens (tertiary/aromatic N) is 4. The molecule has 0 aliphatic carbocycles. The van der Waals surface area contributed by atoms with Gasteiger partial charge in [0.15, 0.2) is 5.82 Å². The Bertz CT molecular complexity index is 1500. The van der Waals surface area contributed by atoms with Gasteiger partial charge in [0, 0.05) is 36.9 Å². The van der Waals surface area contributed by atoms with Crippen LogP contribution in [-0.4, -0.2) is 65.0 Å². The van der Waals surface area contributed by atoms with Gasteiger partial charge in [-0.3, -0.25) is 4.90 Å². The van der Waals surface area contributed by atoms with Crippen LogP contribution in [-0.2, 0) is 9.47 Å². The number of nitrogens with one attached hydrogen (secondary N) is 1. The number of amides is 2. The first kappa shape index (κ1) is 28.7. The predicted octanol–water partition coefficient (Wildman–Crippen LogP) is 6.54. The number of carbonyl (C=O) groups excluding carboxylic acids is 2. The predicted molar refractivity (Wildman–Crippen MR) is 154 cm³/mol. The summed E-state index contributed by atoms with van der Waals surface area (Å²) in [5.41, 5.74) is -0.243. The molecule has 2 atom stereocenters. The summed E-state index contributed by atoms with van der Waals surface area (Å²) in [7, 11) is 1.51. The number of ether oxygens (including phenoxy) is 3. The highest BCUT2D eigenvalue weighted by Gasteiger charge is 2.54. The fraction of sp³-hybridized carbons (Fsp3) is 0.448. The Kier molecular flexibility index (Phi) is 7.58. The van der Waals surface area contributed by atoms with Crippen LogP contribution in [0.15, 0.2) is 36.7 Å². The maximum absolute atomic E-state index is 14.7. The van der Waals surface area contributed by atoms with Crippen molar-refractivity contribution in [3.63, 3.8) is 0 Å². The van der Waals surface area contributed by atoms with Gasteiger partial charge in [0.05, 0.1) is 35.6 Å². The molecule has 2 amide bonds. The molecule has 2 aliphatic heterocycles. The molecule has 2 aliphatic rings. The van der Waals surface area contributed by atoms with Crippen molar-refractivity contribution in [2.24, 2.45) is 5.92 Å². The quantitative estimate of drug-likeness (QED) is 0.360. The van der Waals surface area contributed by atoms with E-state index in [0.717, 1.165) is 0 Å². The second-order valence-electron chi connectivity index (χ2n) is 11.3. The van der Waals surface area contributed by atoms with Gasteiger partial charge in [-0.05, 0) is 45.4 Å². The van der Waals surface area contributed by atoms with E-state index >= 15 is 0 Å². The van der Waals surface area contributed by atoms with Crippen LogP contribution in [0.5, 0.6) is 5.75 Å². The molecule has 2 aromatic carbocycles. The number of carbonyl (C=O) groups is 2. The lowest BCUT2D eigenvalue weighted by Gasteiger charge is -2.43. The summed E-state index contributed by atoms with van der Waals surface area (Å²) in [5, 5.41) is 3.51. The van der Waals surface area contributed by atoms with Crippen LogP contribution in [0, 0.1) is 11.7 Å². The summed E-state index contributed by atoms with van der Waals surface area (Å²) >= 11 is 5.96. The van der Waals surface area contributed by atoms with Gasteiger partial charge in [-0.25, -0.2) is 23.9 Å². The maximum Gasteiger partial charge on any atom is 0.415 e. The van der Waals surface area contributed by atoms with E-state index in [1.165, 1.54) is 19.5 Å². The van der Waals surface area contributed by atoms with Crippen molar-refractivity contribution >= 4 is 51.9 Å². The van der Waals surface area contributed by atoms with E-state index in [2.05, 4.69) is 15.3 Å². The molecule has 1 spiro atoms. The van der Waals surface area contributed by atoms with Crippen LogP contribution in [0.3, 0.4) is 0 Å². The molecule has 218 valence electrons. The molecule has 1 aromatic heterocycles. The number of aromatic nitrogens is 2. The Labute approximate surface area is 242 Å². The second kappa shape index (κ2) is 10.8. The molecule has 10 nitrogen and oxygen atoms in total. The van der Waals surface area contributed by atoms with Gasteiger partial charge < -0.3 is 24.4 Å². The van der Waals surface area contributed by atoms with Crippen molar-refractivity contribution < 1.29 is 28.2 Å². The number of methoxy groups -OCH3 is 1. The molecule has 0 radical (unpaired) electrons. The minimum absolute atomic E-state index is 0.0241. The van der Waals surface area contributed by atoms with Crippen LogP contribution < -0.4 is 15.0 Å². The number of piperidine rings is 1. The van der Waals surface area contributed by atoms with E-state index in [4.69, 9.17) is 25.8 Å². The van der Waals surface area contributed by atoms with E-state index in [1.54, 1.807) is 34.1 Å². The number of likely N-dealkylation sites (tertiary alicyclic amines) is 1. The normalized spacial score (nSPS) is 20.9. The molecule has 3 aromatic rings. The number of benzene rings is 2. The van der Waals surface area contributed by atoms with Gasteiger partial charge in [-0.1, -0.05) is 24.6 Å². The third kappa shape index (κ3) is 5.55. The number of fused-ring (bicyclic) bond motifs is 1. The number of rotatable bonds is 5. The fourth-order valence-corrected chi connectivity index (χ4v) is 5.61. The van der Waals surface area contributed by atoms with Crippen LogP contribution in [0.2, 0.25) is 5.02 Å². The zero-order valence-electron chi connectivity index (χ0n) is 23.7. The summed E-state index contributed by atoms with van der Waals surface area (Å²) in [6.07, 6.45) is 1.63. The largest absolute Gasteiger partial charge is 0.494 e. The standard InChI is InChI=1S/C29H33ClFN5O5/c1-6-17-14-35(26(37)40-28(2,3)4)11-10-29(17)15-36(27(38)41-29)22-12-18-21(13-23(22)39-5)32-16-33-25(18)34-20-9-7-8-19(30)24(20)31/h7-9,12-13,16-17H,6,10-11,14-15H2,1-5H3,(H,32,33,34). The molecule has 2 saturated heterocycles. The molecular weight excluding hydrogens is 553 g/mol. The van der Waals surface area contributed by atoms with Gasteiger partial charge in [0.25, 0.3) is 0 Å². The minimum atomic E-state index is -0.789. The summed E-state index contributed by atoms with van der Waals surface area (Å²) in [5.74, 6) is 0.0439. The van der Waals surface area contributed by atoms with Crippen LogP contribution in [0.4, 0.5) is 31.2 Å². The third-order valence-electron chi connectivity index (χ3n) is 7.50. The Balaban J connectivity index is 1.46. The summed E-state index contributed by atoms with van der Waals surface area (Å²) < 4.78 is 32.0. The third-order valence-corrected chi connectivity index (χ3v) is 7.79. The zero-order chi connectivity index (χ0) is 29.5. The van der Waals surface area contributed by atoms with Gasteiger partial charge in [-0.15, -0.1) is 0 Å². The van der Waals surface area contributed by atoms with Gasteiger partial charge >= 0.3 is 12.2 Å². The van der Waals surface area contributed by atoms with Crippen molar-refractivity contribution in [2.75, 3.05) is 37.0 Å². The highest BCUT2D eigenvalue weighted by molar-refractivity contribution is 6.31. The van der Waals surface area contributed by atoms with E-state index in [0.29, 0.717) is 54.1 Å². The van der Waals surface area contributed by atoms with E-state index in [1.807, 2.05) is 27.7 Å². The monoisotopic (exact) mass is 585 g/mol. The lowest BCUT2D eigenvalue weighted by atomic mass is 9.79. The van der Waals surface area contributed by atoms with Crippen LogP contribution in [0.1, 0.15) is 40.5 Å². The second-order valence-corrected chi connectivity index (χ2v) is 11.7. The van der Waals surface area contributed by atoms with E-state index in [9.17, 15) is 14.0 Å². The molecule has 2 unspecified atom stereocenters. The number of anilines is 3. The van der Waals surface area contributed by atoms with E-state index in [-0.39, 0.29) is 29.3 Å². The minimum Gasteiger partial charge on any atom is -0.494 e. The molecular formula is C29H33ClFN5O5. The van der Waals surface area contributed by atoms with Gasteiger partial charge in [-0.2, -0.15) is 0 Å². The lowest BCUT2D eigenvalue weighted by Crippen LogP contribution is -2.55. The highest BCUT2D eigenvalue weighted by atomic mass is 35.5. The topological polar surface area (TPSA) is 106 Å². The Morgan fingerprint density at radius 3 is 2.78 bits per heavy atom. The van der Waals surface area contributed by atoms with Crippen molar-refractivity contribution in [1.29, 1.82) is 0 Å². The van der Waals surface area contributed by atoms with Crippen molar-refractivity contribution in [3.05, 3.63) is 47.5 Å². The van der Waals surface area contributed by atoms with Gasteiger partial charge in [0.2, 0.25) is 0 Å². The first-order valence-electron chi connectivity index (χ1n) is 13.5. The van der Waals surface area contributed by atoms with Crippen LogP contribution >= 0.6 is 11.6 Å². The molecule has 12 heteroatoms. The highest BCUT2D eigenvalue weighted by Crippen LogP contribution is 2.44. The molecule has 3 heterocycles.